The van der Waals surface area contributed by atoms with Gasteiger partial charge in [-0.15, -0.1) is 0 Å². The Morgan fingerprint density at radius 1 is 1.20 bits per heavy atom. The number of carbonyl (C=O) groups is 1. The van der Waals surface area contributed by atoms with Crippen molar-refractivity contribution in [1.29, 1.82) is 0 Å². The number of nitrogens with zero attached hydrogens (tertiary/aromatic N) is 4. The maximum absolute atomic E-state index is 14.5. The number of hydrogen-bond donors (Lipinski definition) is 1. The van der Waals surface area contributed by atoms with E-state index in [1.165, 1.54) is 0 Å². The molecule has 1 saturated heterocycles. The van der Waals surface area contributed by atoms with E-state index in [0.717, 1.165) is 4.90 Å². The van der Waals surface area contributed by atoms with E-state index in [9.17, 15) is 26.7 Å². The molecule has 1 aliphatic rings. The molecule has 3 heterocycles. The van der Waals surface area contributed by atoms with Crippen molar-refractivity contribution in [2.45, 2.75) is 38.4 Å². The number of aromatic nitrogens is 3. The highest BCUT2D eigenvalue weighted by molar-refractivity contribution is 5.98. The molecule has 1 aromatic carbocycles. The molecule has 1 unspecified atom stereocenters. The molecule has 7 nitrogen and oxygen atoms in total. The molecule has 0 radical (unpaired) electrons. The molecule has 1 N–H and O–H groups in total. The Kier molecular flexibility index (Phi) is 6.48. The van der Waals surface area contributed by atoms with Crippen molar-refractivity contribution in [3.05, 3.63) is 59.9 Å². The van der Waals surface area contributed by atoms with E-state index in [1.807, 2.05) is 0 Å². The quantitative estimate of drug-likeness (QED) is 0.499. The fourth-order valence-corrected chi connectivity index (χ4v) is 4.13. The minimum Gasteiger partial charge on any atom is -0.440 e. The van der Waals surface area contributed by atoms with Crippen LogP contribution in [0.15, 0.2) is 47.1 Å². The van der Waals surface area contributed by atoms with Crippen LogP contribution in [0.1, 0.15) is 35.3 Å². The summed E-state index contributed by atoms with van der Waals surface area (Å²) in [5, 5.41) is 2.77. The van der Waals surface area contributed by atoms with Crippen LogP contribution >= 0.6 is 0 Å². The molecule has 0 bridgehead atoms. The number of amides is 1. The number of benzene rings is 1. The molecule has 12 heteroatoms. The van der Waals surface area contributed by atoms with Gasteiger partial charge in [0.2, 0.25) is 5.95 Å². The maximum Gasteiger partial charge on any atom is 0.419 e. The van der Waals surface area contributed by atoms with Crippen LogP contribution < -0.4 is 5.32 Å². The van der Waals surface area contributed by atoms with Gasteiger partial charge in [0.1, 0.15) is 0 Å². The fourth-order valence-electron chi connectivity index (χ4n) is 4.13. The van der Waals surface area contributed by atoms with Crippen molar-refractivity contribution < 1.29 is 31.2 Å². The van der Waals surface area contributed by atoms with Crippen molar-refractivity contribution in [1.82, 2.24) is 19.9 Å². The molecule has 2 atom stereocenters. The van der Waals surface area contributed by atoms with Crippen molar-refractivity contribution in [3.8, 4) is 11.3 Å². The summed E-state index contributed by atoms with van der Waals surface area (Å²) >= 11 is 0. The van der Waals surface area contributed by atoms with E-state index in [-0.39, 0.29) is 29.8 Å². The number of halogens is 5. The Bertz CT molecular complexity index is 1180. The van der Waals surface area contributed by atoms with Gasteiger partial charge in [0.25, 0.3) is 11.8 Å². The smallest absolute Gasteiger partial charge is 0.419 e. The first-order valence-corrected chi connectivity index (χ1v) is 10.8. The minimum absolute atomic E-state index is 0.0497. The maximum atomic E-state index is 14.5. The van der Waals surface area contributed by atoms with Crippen LogP contribution in [-0.2, 0) is 6.18 Å². The summed E-state index contributed by atoms with van der Waals surface area (Å²) in [6.45, 7) is 2.25. The van der Waals surface area contributed by atoms with Gasteiger partial charge in [-0.25, -0.2) is 23.7 Å². The zero-order valence-electron chi connectivity index (χ0n) is 18.8. The first kappa shape index (κ1) is 24.6. The van der Waals surface area contributed by atoms with Gasteiger partial charge in [0, 0.05) is 37.8 Å². The molecular formula is C23H22F5N5O2. The number of oxazole rings is 1. The third-order valence-electron chi connectivity index (χ3n) is 5.76. The lowest BCUT2D eigenvalue weighted by Crippen LogP contribution is -2.57. The van der Waals surface area contributed by atoms with Crippen molar-refractivity contribution in [2.75, 3.05) is 18.4 Å². The van der Waals surface area contributed by atoms with Gasteiger partial charge in [0.15, 0.2) is 17.3 Å². The number of aryl methyl sites for hydroxylation is 1. The molecule has 3 aromatic rings. The first-order valence-electron chi connectivity index (χ1n) is 10.8. The molecule has 0 saturated carbocycles. The van der Waals surface area contributed by atoms with Crippen LogP contribution in [-0.4, -0.2) is 50.8 Å². The van der Waals surface area contributed by atoms with Crippen LogP contribution in [0, 0.1) is 12.8 Å². The van der Waals surface area contributed by atoms with E-state index < -0.39 is 48.5 Å². The summed E-state index contributed by atoms with van der Waals surface area (Å²) in [6, 6.07) is 7.97. The van der Waals surface area contributed by atoms with Gasteiger partial charge >= 0.3 is 6.18 Å². The van der Waals surface area contributed by atoms with Gasteiger partial charge in [-0.1, -0.05) is 37.3 Å². The Labute approximate surface area is 197 Å². The van der Waals surface area contributed by atoms with Crippen LogP contribution in [0.5, 0.6) is 0 Å². The second-order valence-corrected chi connectivity index (χ2v) is 8.49. The molecule has 35 heavy (non-hydrogen) atoms. The van der Waals surface area contributed by atoms with Crippen LogP contribution in [0.3, 0.4) is 0 Å². The highest BCUT2D eigenvalue weighted by Crippen LogP contribution is 2.36. The molecule has 186 valence electrons. The first-order chi connectivity index (χ1) is 16.4. The largest absolute Gasteiger partial charge is 0.440 e. The average molecular weight is 495 g/mol. The van der Waals surface area contributed by atoms with Crippen molar-refractivity contribution in [3.63, 3.8) is 0 Å². The predicted octanol–water partition coefficient (Wildman–Crippen LogP) is 5.06. The number of alkyl halides is 5. The highest BCUT2D eigenvalue weighted by Gasteiger charge is 2.47. The monoisotopic (exact) mass is 495 g/mol. The number of likely N-dealkylation sites (tertiary alicyclic amines) is 1. The van der Waals surface area contributed by atoms with Gasteiger partial charge in [0.05, 0.1) is 18.2 Å². The third kappa shape index (κ3) is 5.41. The van der Waals surface area contributed by atoms with Crippen LogP contribution in [0.25, 0.3) is 11.3 Å². The summed E-state index contributed by atoms with van der Waals surface area (Å²) < 4.78 is 72.9. The summed E-state index contributed by atoms with van der Waals surface area (Å²) in [6.07, 6.45) is -3.79. The second kappa shape index (κ2) is 9.23. The summed E-state index contributed by atoms with van der Waals surface area (Å²) in [4.78, 5) is 26.0. The second-order valence-electron chi connectivity index (χ2n) is 8.49. The number of piperidine rings is 1. The standard InChI is InChI=1S/C23H22F5N5O2/c1-13-8-22(24,25)12-33(17(13)11-31-21-29-9-16(10-30-21)23(26,27)28)20(34)18-19(35-14(2)32-18)15-6-4-3-5-7-15/h3-7,9-10,13,17H,8,11-12H2,1-2H3,(H,29,30,31)/t13-,17?/m1/s1. The molecule has 1 amide bonds. The van der Waals surface area contributed by atoms with Gasteiger partial charge < -0.3 is 14.6 Å². The lowest BCUT2D eigenvalue weighted by Gasteiger charge is -2.43. The van der Waals surface area contributed by atoms with E-state index in [4.69, 9.17) is 4.42 Å². The molecular weight excluding hydrogens is 473 g/mol. The summed E-state index contributed by atoms with van der Waals surface area (Å²) in [7, 11) is 0. The van der Waals surface area contributed by atoms with E-state index >= 15 is 0 Å². The third-order valence-corrected chi connectivity index (χ3v) is 5.76. The lowest BCUT2D eigenvalue weighted by molar-refractivity contribution is -0.138. The van der Waals surface area contributed by atoms with Crippen molar-refractivity contribution in [2.24, 2.45) is 5.92 Å². The predicted molar refractivity (Wildman–Crippen MR) is 116 cm³/mol. The zero-order chi connectivity index (χ0) is 25.4. The Balaban J connectivity index is 1.60. The van der Waals surface area contributed by atoms with Crippen LogP contribution in [0.4, 0.5) is 27.9 Å². The number of hydrogen-bond acceptors (Lipinski definition) is 6. The Morgan fingerprint density at radius 3 is 2.49 bits per heavy atom. The average Bonchev–Trinajstić information content (AvgIpc) is 3.19. The van der Waals surface area contributed by atoms with Crippen LogP contribution in [0.2, 0.25) is 0 Å². The number of rotatable bonds is 5. The van der Waals surface area contributed by atoms with E-state index in [2.05, 4.69) is 20.3 Å². The normalized spacial score (nSPS) is 20.0. The fraction of sp³-hybridized carbons (Fsp3) is 0.391. The van der Waals surface area contributed by atoms with E-state index in [0.29, 0.717) is 18.0 Å². The summed E-state index contributed by atoms with van der Waals surface area (Å²) in [5.41, 5.74) is -0.532. The molecule has 2 aromatic heterocycles. The molecule has 0 spiro atoms. The van der Waals surface area contributed by atoms with Crippen molar-refractivity contribution >= 4 is 11.9 Å². The lowest BCUT2D eigenvalue weighted by atomic mass is 9.88. The molecule has 4 rings (SSSR count). The van der Waals surface area contributed by atoms with E-state index in [1.54, 1.807) is 44.2 Å². The molecule has 1 fully saturated rings. The SMILES string of the molecule is Cc1nc(C(=O)N2CC(F)(F)C[C@@H](C)C2CNc2ncc(C(F)(F)F)cn2)c(-c2ccccc2)o1. The Hall–Kier alpha value is -3.57. The minimum atomic E-state index is -4.59. The highest BCUT2D eigenvalue weighted by atomic mass is 19.4. The Morgan fingerprint density at radius 2 is 1.86 bits per heavy atom. The molecule has 0 aliphatic carbocycles. The topological polar surface area (TPSA) is 84.2 Å². The van der Waals surface area contributed by atoms with Gasteiger partial charge in [-0.05, 0) is 5.92 Å². The van der Waals surface area contributed by atoms with Gasteiger partial charge in [-0.3, -0.25) is 4.79 Å². The number of carbonyl (C=O) groups excluding carboxylic acids is 1. The van der Waals surface area contributed by atoms with Gasteiger partial charge in [-0.2, -0.15) is 13.2 Å². The summed E-state index contributed by atoms with van der Waals surface area (Å²) in [5.74, 6) is -4.23. The molecule has 1 aliphatic heterocycles. The number of anilines is 1. The number of nitrogens with one attached hydrogen (secondary N) is 1. The zero-order valence-corrected chi connectivity index (χ0v) is 18.8.